The zero-order chi connectivity index (χ0) is 11.7. The van der Waals surface area contributed by atoms with Crippen LogP contribution in [0.3, 0.4) is 0 Å². The van der Waals surface area contributed by atoms with E-state index in [-0.39, 0.29) is 0 Å². The van der Waals surface area contributed by atoms with Crippen LogP contribution in [0, 0.1) is 0 Å². The molecule has 0 radical (unpaired) electrons. The van der Waals surface area contributed by atoms with Crippen LogP contribution in [0.4, 0.5) is 5.69 Å². The number of nitrogens with one attached hydrogen (secondary N) is 1. The van der Waals surface area contributed by atoms with Crippen molar-refractivity contribution in [1.82, 2.24) is 9.66 Å². The number of hydrogen-bond donors (Lipinski definition) is 1. The average Bonchev–Trinajstić information content (AvgIpc) is 2.76. The Bertz CT molecular complexity index is 643. The van der Waals surface area contributed by atoms with Crippen LogP contribution in [0.25, 0.3) is 11.0 Å². The molecule has 0 spiro atoms. The summed E-state index contributed by atoms with van der Waals surface area (Å²) in [6.07, 6.45) is 1.78. The Hall–Kier alpha value is -1.81. The summed E-state index contributed by atoms with van der Waals surface area (Å²) in [5, 5.41) is 0. The smallest absolute Gasteiger partial charge is 0.116 e. The molecule has 0 aliphatic heterocycles. The molecular weight excluding hydrogens is 278 g/mol. The third-order valence-corrected chi connectivity index (χ3v) is 3.08. The average molecular weight is 288 g/mol. The molecule has 1 heterocycles. The van der Waals surface area contributed by atoms with Gasteiger partial charge in [-0.1, -0.05) is 28.1 Å². The highest BCUT2D eigenvalue weighted by Gasteiger charge is 2.00. The first-order chi connectivity index (χ1) is 8.33. The number of imidazole rings is 1. The molecule has 0 unspecified atom stereocenters. The summed E-state index contributed by atoms with van der Waals surface area (Å²) in [5.41, 5.74) is 6.36. The first kappa shape index (κ1) is 10.4. The number of halogens is 1. The Labute approximate surface area is 107 Å². The molecule has 3 rings (SSSR count). The fourth-order valence-electron chi connectivity index (χ4n) is 1.71. The standard InChI is InChI=1S/C13H10BrN3/c14-10-5-7-11(8-6-10)16-17-9-15-12-3-1-2-4-13(12)17/h1-9,16H. The Kier molecular flexibility index (Phi) is 2.57. The minimum absolute atomic E-state index is 0.983. The predicted molar refractivity (Wildman–Crippen MR) is 72.9 cm³/mol. The Morgan fingerprint density at radius 2 is 1.76 bits per heavy atom. The van der Waals surface area contributed by atoms with E-state index in [2.05, 4.69) is 26.3 Å². The van der Waals surface area contributed by atoms with Gasteiger partial charge in [-0.3, -0.25) is 5.43 Å². The summed E-state index contributed by atoms with van der Waals surface area (Å²) in [5.74, 6) is 0. The maximum absolute atomic E-state index is 4.32. The first-order valence-corrected chi connectivity index (χ1v) is 6.07. The molecule has 3 aromatic rings. The van der Waals surface area contributed by atoms with Crippen molar-refractivity contribution in [3.05, 3.63) is 59.3 Å². The highest BCUT2D eigenvalue weighted by molar-refractivity contribution is 9.10. The van der Waals surface area contributed by atoms with Gasteiger partial charge in [-0.2, -0.15) is 0 Å². The molecular formula is C13H10BrN3. The van der Waals surface area contributed by atoms with Crippen molar-refractivity contribution >= 4 is 32.7 Å². The Balaban J connectivity index is 1.97. The van der Waals surface area contributed by atoms with Crippen molar-refractivity contribution in [3.8, 4) is 0 Å². The Morgan fingerprint density at radius 1 is 1.00 bits per heavy atom. The van der Waals surface area contributed by atoms with Gasteiger partial charge in [0.1, 0.15) is 6.33 Å². The van der Waals surface area contributed by atoms with E-state index in [1.807, 2.05) is 53.2 Å². The predicted octanol–water partition coefficient (Wildman–Crippen LogP) is 3.67. The van der Waals surface area contributed by atoms with Crippen LogP contribution in [-0.2, 0) is 0 Å². The first-order valence-electron chi connectivity index (χ1n) is 5.27. The maximum atomic E-state index is 4.32. The van der Waals surface area contributed by atoms with Gasteiger partial charge in [0.2, 0.25) is 0 Å². The topological polar surface area (TPSA) is 29.9 Å². The molecule has 0 amide bonds. The van der Waals surface area contributed by atoms with Crippen molar-refractivity contribution in [2.24, 2.45) is 0 Å². The van der Waals surface area contributed by atoms with E-state index in [4.69, 9.17) is 0 Å². The molecule has 0 atom stereocenters. The number of aromatic nitrogens is 2. The van der Waals surface area contributed by atoms with Crippen molar-refractivity contribution < 1.29 is 0 Å². The lowest BCUT2D eigenvalue weighted by Gasteiger charge is -2.08. The number of anilines is 1. The van der Waals surface area contributed by atoms with Crippen LogP contribution in [-0.4, -0.2) is 9.66 Å². The summed E-state index contributed by atoms with van der Waals surface area (Å²) < 4.78 is 2.98. The van der Waals surface area contributed by atoms with Gasteiger partial charge in [0.05, 0.1) is 16.7 Å². The van der Waals surface area contributed by atoms with Crippen LogP contribution in [0.15, 0.2) is 59.3 Å². The molecule has 84 valence electrons. The SMILES string of the molecule is Brc1ccc(Nn2cnc3ccccc32)cc1. The lowest BCUT2D eigenvalue weighted by Crippen LogP contribution is -2.06. The summed E-state index contributed by atoms with van der Waals surface area (Å²) in [6, 6.07) is 16.0. The van der Waals surface area contributed by atoms with Crippen LogP contribution >= 0.6 is 15.9 Å². The van der Waals surface area contributed by atoms with Gasteiger partial charge in [0.25, 0.3) is 0 Å². The number of benzene rings is 2. The molecule has 0 saturated carbocycles. The number of nitrogens with zero attached hydrogens (tertiary/aromatic N) is 2. The van der Waals surface area contributed by atoms with Crippen molar-refractivity contribution in [2.75, 3.05) is 5.43 Å². The minimum atomic E-state index is 0.983. The zero-order valence-corrected chi connectivity index (χ0v) is 10.6. The molecule has 17 heavy (non-hydrogen) atoms. The molecule has 0 aliphatic carbocycles. The zero-order valence-electron chi connectivity index (χ0n) is 8.97. The number of hydrogen-bond acceptors (Lipinski definition) is 2. The summed E-state index contributed by atoms with van der Waals surface area (Å²) in [4.78, 5) is 4.32. The van der Waals surface area contributed by atoms with E-state index in [1.54, 1.807) is 6.33 Å². The normalized spacial score (nSPS) is 10.6. The third kappa shape index (κ3) is 2.03. The number of fused-ring (bicyclic) bond motifs is 1. The van der Waals surface area contributed by atoms with Gasteiger partial charge in [0.15, 0.2) is 0 Å². The van der Waals surface area contributed by atoms with Crippen molar-refractivity contribution in [3.63, 3.8) is 0 Å². The second kappa shape index (κ2) is 4.22. The Morgan fingerprint density at radius 3 is 2.59 bits per heavy atom. The van der Waals surface area contributed by atoms with Crippen molar-refractivity contribution in [1.29, 1.82) is 0 Å². The molecule has 0 fully saturated rings. The van der Waals surface area contributed by atoms with E-state index in [0.29, 0.717) is 0 Å². The van der Waals surface area contributed by atoms with E-state index in [0.717, 1.165) is 21.2 Å². The van der Waals surface area contributed by atoms with Gasteiger partial charge < -0.3 is 0 Å². The molecule has 0 saturated heterocycles. The van der Waals surface area contributed by atoms with E-state index < -0.39 is 0 Å². The minimum Gasteiger partial charge on any atom is -0.293 e. The molecule has 1 aromatic heterocycles. The van der Waals surface area contributed by atoms with Gasteiger partial charge in [0, 0.05) is 4.47 Å². The molecule has 2 aromatic carbocycles. The lowest BCUT2D eigenvalue weighted by atomic mass is 10.3. The molecule has 3 nitrogen and oxygen atoms in total. The second-order valence-electron chi connectivity index (χ2n) is 3.72. The van der Waals surface area contributed by atoms with Gasteiger partial charge in [-0.05, 0) is 36.4 Å². The van der Waals surface area contributed by atoms with Crippen molar-refractivity contribution in [2.45, 2.75) is 0 Å². The molecule has 1 N–H and O–H groups in total. The van der Waals surface area contributed by atoms with Gasteiger partial charge >= 0.3 is 0 Å². The largest absolute Gasteiger partial charge is 0.293 e. The van der Waals surface area contributed by atoms with Crippen LogP contribution < -0.4 is 5.43 Å². The second-order valence-corrected chi connectivity index (χ2v) is 4.64. The van der Waals surface area contributed by atoms with E-state index >= 15 is 0 Å². The monoisotopic (exact) mass is 287 g/mol. The lowest BCUT2D eigenvalue weighted by molar-refractivity contribution is 0.989. The molecule has 0 aliphatic rings. The van der Waals surface area contributed by atoms with Gasteiger partial charge in [-0.25, -0.2) is 9.66 Å². The van der Waals surface area contributed by atoms with Crippen LogP contribution in [0.5, 0.6) is 0 Å². The summed E-state index contributed by atoms with van der Waals surface area (Å²) >= 11 is 3.42. The molecule has 0 bridgehead atoms. The highest BCUT2D eigenvalue weighted by Crippen LogP contribution is 2.16. The maximum Gasteiger partial charge on any atom is 0.116 e. The fraction of sp³-hybridized carbons (Fsp3) is 0. The highest BCUT2D eigenvalue weighted by atomic mass is 79.9. The van der Waals surface area contributed by atoms with Gasteiger partial charge in [-0.15, -0.1) is 0 Å². The summed E-state index contributed by atoms with van der Waals surface area (Å²) in [6.45, 7) is 0. The van der Waals surface area contributed by atoms with E-state index in [9.17, 15) is 0 Å². The quantitative estimate of drug-likeness (QED) is 0.779. The number of rotatable bonds is 2. The fourth-order valence-corrected chi connectivity index (χ4v) is 1.98. The summed E-state index contributed by atoms with van der Waals surface area (Å²) in [7, 11) is 0. The molecule has 4 heteroatoms. The van der Waals surface area contributed by atoms with Crippen LogP contribution in [0.2, 0.25) is 0 Å². The number of para-hydroxylation sites is 2. The third-order valence-electron chi connectivity index (χ3n) is 2.55. The van der Waals surface area contributed by atoms with E-state index in [1.165, 1.54) is 0 Å². The van der Waals surface area contributed by atoms with Crippen LogP contribution in [0.1, 0.15) is 0 Å².